The Labute approximate surface area is 123 Å². The van der Waals surface area contributed by atoms with E-state index in [4.69, 9.17) is 4.74 Å². The van der Waals surface area contributed by atoms with Crippen molar-refractivity contribution in [3.63, 3.8) is 0 Å². The highest BCUT2D eigenvalue weighted by Gasteiger charge is 2.25. The van der Waals surface area contributed by atoms with Gasteiger partial charge in [0.2, 0.25) is 5.91 Å². The number of hydrogen-bond acceptors (Lipinski definition) is 4. The molecule has 3 N–H and O–H groups in total. The van der Waals surface area contributed by atoms with Crippen LogP contribution in [0.25, 0.3) is 0 Å². The van der Waals surface area contributed by atoms with E-state index in [0.717, 1.165) is 25.9 Å². The summed E-state index contributed by atoms with van der Waals surface area (Å²) in [6.45, 7) is 3.46. The number of anilines is 2. The largest absolute Gasteiger partial charge is 0.479 e. The molecule has 0 radical (unpaired) electrons. The van der Waals surface area contributed by atoms with Gasteiger partial charge in [-0.1, -0.05) is 0 Å². The predicted octanol–water partition coefficient (Wildman–Crippen LogP) is 1.34. The van der Waals surface area contributed by atoms with Crippen LogP contribution in [-0.4, -0.2) is 31.0 Å². The zero-order valence-electron chi connectivity index (χ0n) is 11.9. The molecular formula is C15H19N3O3. The van der Waals surface area contributed by atoms with Crippen molar-refractivity contribution in [3.05, 3.63) is 18.2 Å². The maximum atomic E-state index is 12.2. The number of carbonyl (C=O) groups excluding carboxylic acids is 2. The molecule has 3 rings (SSSR count). The number of rotatable bonds is 2. The summed E-state index contributed by atoms with van der Waals surface area (Å²) in [6, 6.07) is 5.30. The number of amides is 2. The molecule has 21 heavy (non-hydrogen) atoms. The second kappa shape index (κ2) is 5.73. The zero-order valence-corrected chi connectivity index (χ0v) is 11.9. The Balaban J connectivity index is 1.70. The van der Waals surface area contributed by atoms with Gasteiger partial charge < -0.3 is 20.7 Å². The molecule has 2 heterocycles. The molecule has 1 aromatic rings. The Hall–Kier alpha value is -2.08. The van der Waals surface area contributed by atoms with E-state index < -0.39 is 6.10 Å². The molecule has 1 fully saturated rings. The number of fused-ring (bicyclic) bond motifs is 1. The lowest BCUT2D eigenvalue weighted by Gasteiger charge is -2.24. The molecule has 2 aliphatic heterocycles. The van der Waals surface area contributed by atoms with Crippen molar-refractivity contribution in [2.45, 2.75) is 25.9 Å². The normalized spacial score (nSPS) is 22.0. The van der Waals surface area contributed by atoms with Crippen LogP contribution in [0.1, 0.15) is 19.8 Å². The van der Waals surface area contributed by atoms with E-state index in [2.05, 4.69) is 16.0 Å². The molecule has 1 atom stereocenters. The van der Waals surface area contributed by atoms with Gasteiger partial charge in [0.25, 0.3) is 5.91 Å². The van der Waals surface area contributed by atoms with Gasteiger partial charge in [-0.15, -0.1) is 0 Å². The van der Waals surface area contributed by atoms with Gasteiger partial charge in [-0.05, 0) is 51.1 Å². The summed E-state index contributed by atoms with van der Waals surface area (Å²) in [6.07, 6.45) is 1.22. The molecule has 1 unspecified atom stereocenters. The van der Waals surface area contributed by atoms with Gasteiger partial charge in [-0.2, -0.15) is 0 Å². The quantitative estimate of drug-likeness (QED) is 0.767. The zero-order chi connectivity index (χ0) is 14.8. The fourth-order valence-electron chi connectivity index (χ4n) is 2.61. The smallest absolute Gasteiger partial charge is 0.265 e. The molecule has 0 bridgehead atoms. The average Bonchev–Trinajstić information content (AvgIpc) is 2.49. The van der Waals surface area contributed by atoms with Gasteiger partial charge in [0.15, 0.2) is 6.10 Å². The van der Waals surface area contributed by atoms with Crippen LogP contribution in [-0.2, 0) is 9.59 Å². The van der Waals surface area contributed by atoms with E-state index >= 15 is 0 Å². The van der Waals surface area contributed by atoms with E-state index in [1.54, 1.807) is 25.1 Å². The molecule has 1 saturated heterocycles. The summed E-state index contributed by atoms with van der Waals surface area (Å²) in [7, 11) is 0. The molecule has 112 valence electrons. The Kier molecular flexibility index (Phi) is 3.79. The van der Waals surface area contributed by atoms with E-state index in [9.17, 15) is 9.59 Å². The fourth-order valence-corrected chi connectivity index (χ4v) is 2.61. The molecular weight excluding hydrogens is 270 g/mol. The van der Waals surface area contributed by atoms with Crippen molar-refractivity contribution in [1.82, 2.24) is 5.32 Å². The number of nitrogens with one attached hydrogen (secondary N) is 3. The van der Waals surface area contributed by atoms with Crippen molar-refractivity contribution in [1.29, 1.82) is 0 Å². The first-order chi connectivity index (χ1) is 10.1. The van der Waals surface area contributed by atoms with E-state index in [1.165, 1.54) is 0 Å². The van der Waals surface area contributed by atoms with Crippen molar-refractivity contribution in [2.75, 3.05) is 23.7 Å². The van der Waals surface area contributed by atoms with Gasteiger partial charge in [-0.25, -0.2) is 0 Å². The van der Waals surface area contributed by atoms with Gasteiger partial charge >= 0.3 is 0 Å². The molecule has 2 aliphatic rings. The molecule has 0 aliphatic carbocycles. The Morgan fingerprint density at radius 1 is 1.33 bits per heavy atom. The first-order valence-corrected chi connectivity index (χ1v) is 7.26. The minimum Gasteiger partial charge on any atom is -0.479 e. The monoisotopic (exact) mass is 289 g/mol. The maximum absolute atomic E-state index is 12.2. The summed E-state index contributed by atoms with van der Waals surface area (Å²) in [5.41, 5.74) is 1.27. The van der Waals surface area contributed by atoms with Crippen LogP contribution >= 0.6 is 0 Å². The van der Waals surface area contributed by atoms with E-state index in [0.29, 0.717) is 17.1 Å². The fraction of sp³-hybridized carbons (Fsp3) is 0.467. The van der Waals surface area contributed by atoms with Crippen LogP contribution in [0.2, 0.25) is 0 Å². The second-order valence-electron chi connectivity index (χ2n) is 5.47. The van der Waals surface area contributed by atoms with Crippen molar-refractivity contribution >= 4 is 23.2 Å². The summed E-state index contributed by atoms with van der Waals surface area (Å²) in [4.78, 5) is 23.8. The number of hydrogen-bond donors (Lipinski definition) is 3. The lowest BCUT2D eigenvalue weighted by molar-refractivity contribution is -0.122. The standard InChI is InChI=1S/C15H19N3O3/c1-9-14(19)18-12-8-11(2-3-13(12)21-9)17-15(20)10-4-6-16-7-5-10/h2-3,8-10,16H,4-7H2,1H3,(H,17,20)(H,18,19). The molecule has 0 spiro atoms. The third-order valence-electron chi connectivity index (χ3n) is 3.89. The maximum Gasteiger partial charge on any atom is 0.265 e. The van der Waals surface area contributed by atoms with Crippen LogP contribution in [0.3, 0.4) is 0 Å². The van der Waals surface area contributed by atoms with Crippen molar-refractivity contribution < 1.29 is 14.3 Å². The first kappa shape index (κ1) is 13.9. The predicted molar refractivity (Wildman–Crippen MR) is 79.4 cm³/mol. The number of piperidine rings is 1. The minimum absolute atomic E-state index is 0.0351. The molecule has 6 heteroatoms. The van der Waals surface area contributed by atoms with Gasteiger partial charge in [0, 0.05) is 11.6 Å². The van der Waals surface area contributed by atoms with Crippen molar-refractivity contribution in [3.8, 4) is 5.75 Å². The summed E-state index contributed by atoms with van der Waals surface area (Å²) in [5.74, 6) is 0.535. The highest BCUT2D eigenvalue weighted by Crippen LogP contribution is 2.32. The Morgan fingerprint density at radius 3 is 2.86 bits per heavy atom. The summed E-state index contributed by atoms with van der Waals surface area (Å²) >= 11 is 0. The van der Waals surface area contributed by atoms with Gasteiger partial charge in [0.05, 0.1) is 5.69 Å². The van der Waals surface area contributed by atoms with Crippen LogP contribution in [0.15, 0.2) is 18.2 Å². The molecule has 2 amide bonds. The molecule has 0 aromatic heterocycles. The number of carbonyl (C=O) groups is 2. The lowest BCUT2D eigenvalue weighted by atomic mass is 9.97. The van der Waals surface area contributed by atoms with Crippen LogP contribution in [0.4, 0.5) is 11.4 Å². The topological polar surface area (TPSA) is 79.5 Å². The molecule has 0 saturated carbocycles. The average molecular weight is 289 g/mol. The van der Waals surface area contributed by atoms with Crippen LogP contribution < -0.4 is 20.7 Å². The summed E-state index contributed by atoms with van der Waals surface area (Å²) in [5, 5.41) is 8.93. The van der Waals surface area contributed by atoms with Gasteiger partial charge in [0.1, 0.15) is 5.75 Å². The van der Waals surface area contributed by atoms with Crippen LogP contribution in [0.5, 0.6) is 5.75 Å². The lowest BCUT2D eigenvalue weighted by Crippen LogP contribution is -2.35. The summed E-state index contributed by atoms with van der Waals surface area (Å²) < 4.78 is 5.49. The van der Waals surface area contributed by atoms with E-state index in [-0.39, 0.29) is 17.7 Å². The Bertz CT molecular complexity index is 567. The Morgan fingerprint density at radius 2 is 2.10 bits per heavy atom. The van der Waals surface area contributed by atoms with Gasteiger partial charge in [-0.3, -0.25) is 9.59 Å². The third-order valence-corrected chi connectivity index (χ3v) is 3.89. The highest BCUT2D eigenvalue weighted by atomic mass is 16.5. The number of benzene rings is 1. The SMILES string of the molecule is CC1Oc2ccc(NC(=O)C3CCNCC3)cc2NC1=O. The third kappa shape index (κ3) is 3.00. The molecule has 1 aromatic carbocycles. The van der Waals surface area contributed by atoms with Crippen molar-refractivity contribution in [2.24, 2.45) is 5.92 Å². The number of ether oxygens (including phenoxy) is 1. The van der Waals surface area contributed by atoms with E-state index in [1.807, 2.05) is 0 Å². The molecule has 6 nitrogen and oxygen atoms in total. The first-order valence-electron chi connectivity index (χ1n) is 7.26. The van der Waals surface area contributed by atoms with Crippen LogP contribution in [0, 0.1) is 5.92 Å². The second-order valence-corrected chi connectivity index (χ2v) is 5.47. The highest BCUT2D eigenvalue weighted by molar-refractivity contribution is 5.99. The minimum atomic E-state index is -0.493.